The van der Waals surface area contributed by atoms with Gasteiger partial charge >= 0.3 is 11.6 Å². The number of fused-ring (bicyclic) bond motifs is 1. The number of aliphatic carboxylic acids is 1. The number of unbranched alkanes of at least 4 members (excludes halogenated alkanes) is 1. The van der Waals surface area contributed by atoms with Crippen LogP contribution in [-0.4, -0.2) is 28.8 Å². The molecule has 0 saturated carbocycles. The molecule has 7 nitrogen and oxygen atoms in total. The summed E-state index contributed by atoms with van der Waals surface area (Å²) in [5.74, 6) is -0.839. The van der Waals surface area contributed by atoms with E-state index in [1.165, 1.54) is 12.1 Å². The highest BCUT2D eigenvalue weighted by Crippen LogP contribution is 2.17. The van der Waals surface area contributed by atoms with Gasteiger partial charge in [-0.05, 0) is 37.6 Å². The standard InChI is InChI=1S/C9H6O3.C6H14N2O2/c10-7-3-1-6-2-4-9(11)12-8(6)5-7;7-4-2-1-3-5(8)6(9)10/h1-5,10H;5H,1-4,7-8H2,(H,9,10)/t;5-/m.0/s1. The maximum atomic E-state index is 10.7. The molecule has 22 heavy (non-hydrogen) atoms. The minimum atomic E-state index is -0.933. The third-order valence-electron chi connectivity index (χ3n) is 2.89. The molecule has 1 atom stereocenters. The fourth-order valence-electron chi connectivity index (χ4n) is 1.68. The van der Waals surface area contributed by atoms with Crippen molar-refractivity contribution in [2.75, 3.05) is 6.54 Å². The predicted octanol–water partition coefficient (Wildman–Crippen LogP) is 1.03. The van der Waals surface area contributed by atoms with Crippen molar-refractivity contribution in [1.29, 1.82) is 0 Å². The van der Waals surface area contributed by atoms with E-state index in [0.29, 0.717) is 18.5 Å². The largest absolute Gasteiger partial charge is 0.508 e. The maximum Gasteiger partial charge on any atom is 0.336 e. The second kappa shape index (κ2) is 8.81. The summed E-state index contributed by atoms with van der Waals surface area (Å²) in [7, 11) is 0. The van der Waals surface area contributed by atoms with Crippen molar-refractivity contribution < 1.29 is 19.4 Å². The van der Waals surface area contributed by atoms with Crippen molar-refractivity contribution in [3.63, 3.8) is 0 Å². The van der Waals surface area contributed by atoms with Crippen LogP contribution in [0.4, 0.5) is 0 Å². The molecule has 2 rings (SSSR count). The number of carbonyl (C=O) groups is 1. The molecule has 0 saturated heterocycles. The number of aromatic hydroxyl groups is 1. The van der Waals surface area contributed by atoms with E-state index in [0.717, 1.165) is 18.2 Å². The number of hydrogen-bond acceptors (Lipinski definition) is 6. The van der Waals surface area contributed by atoms with Crippen molar-refractivity contribution in [3.8, 4) is 5.75 Å². The number of rotatable bonds is 5. The number of carboxylic acids is 1. The quantitative estimate of drug-likeness (QED) is 0.477. The molecule has 0 unspecified atom stereocenters. The molecule has 120 valence electrons. The zero-order valence-electron chi connectivity index (χ0n) is 12.1. The Balaban J connectivity index is 0.000000225. The molecule has 1 aromatic carbocycles. The minimum Gasteiger partial charge on any atom is -0.508 e. The van der Waals surface area contributed by atoms with E-state index in [9.17, 15) is 9.59 Å². The summed E-state index contributed by atoms with van der Waals surface area (Å²) in [5.41, 5.74) is 10.4. The third-order valence-corrected chi connectivity index (χ3v) is 2.89. The van der Waals surface area contributed by atoms with Crippen LogP contribution in [0.2, 0.25) is 0 Å². The van der Waals surface area contributed by atoms with E-state index in [-0.39, 0.29) is 5.75 Å². The van der Waals surface area contributed by atoms with Crippen LogP contribution in [-0.2, 0) is 4.79 Å². The van der Waals surface area contributed by atoms with E-state index in [1.54, 1.807) is 18.2 Å². The number of nitrogens with two attached hydrogens (primary N) is 2. The van der Waals surface area contributed by atoms with E-state index in [1.807, 2.05) is 0 Å². The number of carboxylic acid groups (broad SMARTS) is 1. The fourth-order valence-corrected chi connectivity index (χ4v) is 1.68. The van der Waals surface area contributed by atoms with Gasteiger partial charge in [-0.25, -0.2) is 4.79 Å². The highest BCUT2D eigenvalue weighted by Gasteiger charge is 2.09. The highest BCUT2D eigenvalue weighted by atomic mass is 16.4. The van der Waals surface area contributed by atoms with Crippen molar-refractivity contribution >= 4 is 16.9 Å². The molecular formula is C15H20N2O5. The summed E-state index contributed by atoms with van der Waals surface area (Å²) >= 11 is 0. The van der Waals surface area contributed by atoms with Crippen LogP contribution in [0.5, 0.6) is 5.75 Å². The number of benzene rings is 1. The second-order valence-electron chi connectivity index (χ2n) is 4.71. The zero-order valence-corrected chi connectivity index (χ0v) is 12.1. The summed E-state index contributed by atoms with van der Waals surface area (Å²) in [5, 5.41) is 18.2. The van der Waals surface area contributed by atoms with Gasteiger partial charge in [0.2, 0.25) is 0 Å². The van der Waals surface area contributed by atoms with Crippen LogP contribution in [0.3, 0.4) is 0 Å². The molecule has 0 fully saturated rings. The topological polar surface area (TPSA) is 140 Å². The molecule has 0 aliphatic carbocycles. The third kappa shape index (κ3) is 5.94. The van der Waals surface area contributed by atoms with Crippen LogP contribution in [0.1, 0.15) is 19.3 Å². The molecule has 0 amide bonds. The van der Waals surface area contributed by atoms with Crippen LogP contribution < -0.4 is 17.1 Å². The van der Waals surface area contributed by atoms with E-state index >= 15 is 0 Å². The lowest BCUT2D eigenvalue weighted by atomic mass is 10.1. The van der Waals surface area contributed by atoms with Crippen molar-refractivity contribution in [3.05, 3.63) is 40.8 Å². The van der Waals surface area contributed by atoms with E-state index in [4.69, 9.17) is 26.1 Å². The second-order valence-corrected chi connectivity index (χ2v) is 4.71. The monoisotopic (exact) mass is 308 g/mol. The smallest absolute Gasteiger partial charge is 0.336 e. The maximum absolute atomic E-state index is 10.7. The number of phenols is 1. The summed E-state index contributed by atoms with van der Waals surface area (Å²) in [6.45, 7) is 0.604. The van der Waals surface area contributed by atoms with Crippen molar-refractivity contribution in [2.45, 2.75) is 25.3 Å². The normalized spacial score (nSPS) is 11.5. The SMILES string of the molecule is NCCCC[C@H](N)C(=O)O.O=c1ccc2ccc(O)cc2o1. The molecule has 1 aromatic heterocycles. The van der Waals surface area contributed by atoms with Crippen LogP contribution in [0, 0.1) is 0 Å². The molecule has 7 heteroatoms. The molecule has 0 spiro atoms. The number of hydrogen-bond donors (Lipinski definition) is 4. The van der Waals surface area contributed by atoms with Gasteiger partial charge in [0, 0.05) is 17.5 Å². The van der Waals surface area contributed by atoms with Gasteiger partial charge in [0.15, 0.2) is 0 Å². The minimum absolute atomic E-state index is 0.0943. The van der Waals surface area contributed by atoms with E-state index < -0.39 is 17.6 Å². The van der Waals surface area contributed by atoms with Gasteiger partial charge in [0.25, 0.3) is 0 Å². The van der Waals surface area contributed by atoms with Crippen LogP contribution in [0.15, 0.2) is 39.5 Å². The van der Waals surface area contributed by atoms with Crippen molar-refractivity contribution in [2.24, 2.45) is 11.5 Å². The lowest BCUT2D eigenvalue weighted by Gasteiger charge is -2.03. The Kier molecular flexibility index (Phi) is 7.07. The first-order valence-electron chi connectivity index (χ1n) is 6.85. The summed E-state index contributed by atoms with van der Waals surface area (Å²) in [6.07, 6.45) is 2.16. The average molecular weight is 308 g/mol. The first kappa shape index (κ1) is 17.7. The lowest BCUT2D eigenvalue weighted by molar-refractivity contribution is -0.138. The zero-order chi connectivity index (χ0) is 16.5. The van der Waals surface area contributed by atoms with Gasteiger partial charge in [0.05, 0.1) is 0 Å². The van der Waals surface area contributed by atoms with Gasteiger partial charge in [-0.1, -0.05) is 6.42 Å². The first-order chi connectivity index (χ1) is 10.4. The number of phenolic OH excluding ortho intramolecular Hbond substituents is 1. The van der Waals surface area contributed by atoms with Crippen LogP contribution >= 0.6 is 0 Å². The predicted molar refractivity (Wildman–Crippen MR) is 82.7 cm³/mol. The van der Waals surface area contributed by atoms with Crippen LogP contribution in [0.25, 0.3) is 11.0 Å². The Hall–Kier alpha value is -2.38. The first-order valence-corrected chi connectivity index (χ1v) is 6.85. The fraction of sp³-hybridized carbons (Fsp3) is 0.333. The molecular weight excluding hydrogens is 288 g/mol. The van der Waals surface area contributed by atoms with Gasteiger partial charge in [-0.3, -0.25) is 4.79 Å². The Bertz CT molecular complexity index is 668. The lowest BCUT2D eigenvalue weighted by Crippen LogP contribution is -2.29. The molecule has 6 N–H and O–H groups in total. The molecule has 1 heterocycles. The Morgan fingerprint density at radius 1 is 1.23 bits per heavy atom. The molecule has 0 aliphatic heterocycles. The molecule has 2 aromatic rings. The van der Waals surface area contributed by atoms with Gasteiger partial charge < -0.3 is 26.1 Å². The Labute approximate surface area is 127 Å². The highest BCUT2D eigenvalue weighted by molar-refractivity contribution is 5.77. The summed E-state index contributed by atoms with van der Waals surface area (Å²) < 4.78 is 4.83. The summed E-state index contributed by atoms with van der Waals surface area (Å²) in [4.78, 5) is 20.9. The molecule has 0 radical (unpaired) electrons. The summed E-state index contributed by atoms with van der Waals surface area (Å²) in [6, 6.07) is 6.93. The van der Waals surface area contributed by atoms with E-state index in [2.05, 4.69) is 0 Å². The van der Waals surface area contributed by atoms with Crippen molar-refractivity contribution in [1.82, 2.24) is 0 Å². The molecule has 0 bridgehead atoms. The van der Waals surface area contributed by atoms with Gasteiger partial charge in [-0.15, -0.1) is 0 Å². The van der Waals surface area contributed by atoms with Gasteiger partial charge in [-0.2, -0.15) is 0 Å². The average Bonchev–Trinajstić information content (AvgIpc) is 2.47. The van der Waals surface area contributed by atoms with Gasteiger partial charge in [0.1, 0.15) is 17.4 Å². The Morgan fingerprint density at radius 3 is 2.55 bits per heavy atom. The Morgan fingerprint density at radius 2 is 1.91 bits per heavy atom. The molecule has 0 aliphatic rings.